The number of fused-ring (bicyclic) bond motifs is 5. The number of carbonyl (C=O) groups excluding carboxylic acids is 2. The van der Waals surface area contributed by atoms with Crippen molar-refractivity contribution >= 4 is 11.9 Å². The standard InChI is InChI=1S/C63H102O6/c1-8-10-12-14-22-28-45-68-60(64)51-33-35-55(61(65)69-46-29-23-15-13-11-9-2)59(47-51)67-44-27-25-21-19-17-16-18-20-24-26-43-66-53-39-41-62(6)52(48-53)34-36-54-57-38-37-56(50(5)32-30-31-49(3)4)63(57,7)42-40-58(54)62/h8-9,33-35,47,49-50,53-54,56-58H,1-2,10-32,36-46,48H2,3-7H3/t50-,53?,54+,56-,57+,58+,62+,63-/m1/s1. The summed E-state index contributed by atoms with van der Waals surface area (Å²) in [4.78, 5) is 26.0. The average molecular weight is 956 g/mol. The fourth-order valence-electron chi connectivity index (χ4n) is 13.8. The van der Waals surface area contributed by atoms with E-state index < -0.39 is 5.97 Å². The summed E-state index contributed by atoms with van der Waals surface area (Å²) in [5, 5.41) is 0. The highest BCUT2D eigenvalue weighted by Crippen LogP contribution is 2.67. The maximum absolute atomic E-state index is 13.1. The Hall–Kier alpha value is -2.86. The van der Waals surface area contributed by atoms with E-state index in [-0.39, 0.29) is 5.97 Å². The van der Waals surface area contributed by atoms with Gasteiger partial charge in [0, 0.05) is 6.61 Å². The number of hydrogen-bond donors (Lipinski definition) is 0. The summed E-state index contributed by atoms with van der Waals surface area (Å²) in [7, 11) is 0. The van der Waals surface area contributed by atoms with Gasteiger partial charge in [-0.1, -0.05) is 155 Å². The van der Waals surface area contributed by atoms with Crippen LogP contribution in [0.25, 0.3) is 0 Å². The fraction of sp³-hybridized carbons (Fsp3) is 0.778. The van der Waals surface area contributed by atoms with Gasteiger partial charge in [-0.15, -0.1) is 13.2 Å². The third kappa shape index (κ3) is 17.7. The molecule has 0 N–H and O–H groups in total. The largest absolute Gasteiger partial charge is 0.493 e. The highest BCUT2D eigenvalue weighted by Gasteiger charge is 2.59. The van der Waals surface area contributed by atoms with Gasteiger partial charge in [-0.25, -0.2) is 9.59 Å². The van der Waals surface area contributed by atoms with Crippen LogP contribution in [0, 0.1) is 46.3 Å². The van der Waals surface area contributed by atoms with Crippen LogP contribution in [0.2, 0.25) is 0 Å². The number of allylic oxidation sites excluding steroid dienone is 3. The van der Waals surface area contributed by atoms with E-state index in [1.165, 1.54) is 122 Å². The second kappa shape index (κ2) is 30.9. The first-order valence-corrected chi connectivity index (χ1v) is 29.2. The normalized spacial score (nSPS) is 25.5. The lowest BCUT2D eigenvalue weighted by Gasteiger charge is -2.58. The third-order valence-electron chi connectivity index (χ3n) is 17.9. The number of benzene rings is 1. The van der Waals surface area contributed by atoms with Crippen molar-refractivity contribution < 1.29 is 28.5 Å². The number of esters is 2. The summed E-state index contributed by atoms with van der Waals surface area (Å²) in [6.45, 7) is 22.5. The van der Waals surface area contributed by atoms with Gasteiger partial charge in [0.1, 0.15) is 11.3 Å². The van der Waals surface area contributed by atoms with Crippen LogP contribution >= 0.6 is 0 Å². The molecule has 0 aromatic heterocycles. The summed E-state index contributed by atoms with van der Waals surface area (Å²) in [5.74, 6) is 4.98. The Balaban J connectivity index is 0.922. The van der Waals surface area contributed by atoms with Crippen molar-refractivity contribution in [2.45, 2.75) is 240 Å². The van der Waals surface area contributed by atoms with Crippen molar-refractivity contribution in [1.29, 1.82) is 0 Å². The Morgan fingerprint density at radius 1 is 0.652 bits per heavy atom. The van der Waals surface area contributed by atoms with Crippen LogP contribution < -0.4 is 4.74 Å². The maximum atomic E-state index is 13.1. The Bertz CT molecular complexity index is 1700. The maximum Gasteiger partial charge on any atom is 0.341 e. The highest BCUT2D eigenvalue weighted by molar-refractivity contribution is 5.96. The molecule has 1 aromatic carbocycles. The van der Waals surface area contributed by atoms with E-state index >= 15 is 0 Å². The van der Waals surface area contributed by atoms with E-state index in [1.54, 1.807) is 23.8 Å². The Morgan fingerprint density at radius 2 is 1.25 bits per heavy atom. The molecule has 1 unspecified atom stereocenters. The topological polar surface area (TPSA) is 71.1 Å². The van der Waals surface area contributed by atoms with Crippen molar-refractivity contribution in [3.8, 4) is 5.75 Å². The SMILES string of the molecule is C=CCCCCCCOC(=O)c1ccc(C(=O)OCCCCCCC=C)c(OCCCCCCCCCCCCOC2CC[C@@]3(C)C(=CC[C@H]4[C@@H]5CC[C@H]([C@H](C)CCCC(C)C)[C@@]5(C)CC[C@@H]43)C2)c1. The quantitative estimate of drug-likeness (QED) is 0.0379. The zero-order valence-electron chi connectivity index (χ0n) is 45.1. The van der Waals surface area contributed by atoms with Crippen LogP contribution in [-0.4, -0.2) is 44.5 Å². The first-order chi connectivity index (χ1) is 33.5. The molecule has 0 aliphatic heterocycles. The molecule has 6 heteroatoms. The smallest absolute Gasteiger partial charge is 0.341 e. The summed E-state index contributed by atoms with van der Waals surface area (Å²) in [6.07, 6.45) is 44.4. The van der Waals surface area contributed by atoms with Gasteiger partial charge in [-0.3, -0.25) is 0 Å². The molecule has 69 heavy (non-hydrogen) atoms. The third-order valence-corrected chi connectivity index (χ3v) is 17.9. The van der Waals surface area contributed by atoms with E-state index in [9.17, 15) is 9.59 Å². The number of carbonyl (C=O) groups is 2. The molecule has 390 valence electrons. The van der Waals surface area contributed by atoms with Crippen molar-refractivity contribution in [3.05, 3.63) is 66.3 Å². The molecule has 3 fully saturated rings. The van der Waals surface area contributed by atoms with Crippen LogP contribution in [0.1, 0.15) is 254 Å². The van der Waals surface area contributed by atoms with Crippen LogP contribution in [-0.2, 0) is 14.2 Å². The predicted octanol–water partition coefficient (Wildman–Crippen LogP) is 18.0. The lowest BCUT2D eigenvalue weighted by molar-refractivity contribution is -0.0641. The number of unbranched alkanes of at least 4 members (excludes halogenated alkanes) is 17. The molecule has 0 bridgehead atoms. The number of hydrogen-bond acceptors (Lipinski definition) is 6. The molecule has 1 aromatic rings. The first-order valence-electron chi connectivity index (χ1n) is 29.2. The molecule has 0 amide bonds. The fourth-order valence-corrected chi connectivity index (χ4v) is 13.8. The zero-order valence-corrected chi connectivity index (χ0v) is 45.1. The van der Waals surface area contributed by atoms with Gasteiger partial charge in [0.15, 0.2) is 0 Å². The molecule has 4 aliphatic carbocycles. The molecule has 6 nitrogen and oxygen atoms in total. The Labute approximate surface area is 423 Å². The van der Waals surface area contributed by atoms with Gasteiger partial charge in [-0.05, 0) is 167 Å². The Kier molecular flexibility index (Phi) is 25.5. The molecular formula is C63H102O6. The van der Waals surface area contributed by atoms with Gasteiger partial charge in [0.25, 0.3) is 0 Å². The van der Waals surface area contributed by atoms with Crippen molar-refractivity contribution in [2.24, 2.45) is 46.3 Å². The molecule has 3 saturated carbocycles. The summed E-state index contributed by atoms with van der Waals surface area (Å²) in [5.41, 5.74) is 3.49. The van der Waals surface area contributed by atoms with Crippen molar-refractivity contribution in [2.75, 3.05) is 26.4 Å². The van der Waals surface area contributed by atoms with E-state index in [0.717, 1.165) is 119 Å². The minimum Gasteiger partial charge on any atom is -0.493 e. The van der Waals surface area contributed by atoms with Gasteiger partial charge in [0.05, 0.1) is 31.5 Å². The summed E-state index contributed by atoms with van der Waals surface area (Å²) >= 11 is 0. The number of ether oxygens (including phenoxy) is 4. The van der Waals surface area contributed by atoms with Crippen LogP contribution in [0.4, 0.5) is 0 Å². The van der Waals surface area contributed by atoms with Crippen molar-refractivity contribution in [3.63, 3.8) is 0 Å². The van der Waals surface area contributed by atoms with Gasteiger partial charge >= 0.3 is 11.9 Å². The average Bonchev–Trinajstić information content (AvgIpc) is 3.70. The lowest BCUT2D eigenvalue weighted by Crippen LogP contribution is -2.51. The molecule has 0 radical (unpaired) electrons. The molecular weight excluding hydrogens is 853 g/mol. The molecule has 0 saturated heterocycles. The minimum atomic E-state index is -0.407. The number of rotatable bonds is 36. The minimum absolute atomic E-state index is 0.365. The molecule has 0 heterocycles. The van der Waals surface area contributed by atoms with Crippen LogP contribution in [0.3, 0.4) is 0 Å². The summed E-state index contributed by atoms with van der Waals surface area (Å²) < 4.78 is 24.0. The summed E-state index contributed by atoms with van der Waals surface area (Å²) in [6, 6.07) is 4.95. The second-order valence-electron chi connectivity index (χ2n) is 23.4. The van der Waals surface area contributed by atoms with Gasteiger partial charge < -0.3 is 18.9 Å². The lowest BCUT2D eigenvalue weighted by atomic mass is 9.47. The van der Waals surface area contributed by atoms with E-state index in [4.69, 9.17) is 18.9 Å². The first kappa shape index (κ1) is 57.0. The molecule has 0 spiro atoms. The predicted molar refractivity (Wildman–Crippen MR) is 288 cm³/mol. The highest BCUT2D eigenvalue weighted by atomic mass is 16.5. The van der Waals surface area contributed by atoms with Crippen LogP contribution in [0.5, 0.6) is 5.75 Å². The molecule has 8 atom stereocenters. The van der Waals surface area contributed by atoms with E-state index in [0.29, 0.717) is 53.6 Å². The second-order valence-corrected chi connectivity index (χ2v) is 23.4. The molecule has 5 rings (SSSR count). The van der Waals surface area contributed by atoms with E-state index in [1.807, 2.05) is 12.2 Å². The van der Waals surface area contributed by atoms with Crippen LogP contribution in [0.15, 0.2) is 55.2 Å². The molecule has 4 aliphatic rings. The Morgan fingerprint density at radius 3 is 1.88 bits per heavy atom. The van der Waals surface area contributed by atoms with Crippen molar-refractivity contribution in [1.82, 2.24) is 0 Å². The monoisotopic (exact) mass is 955 g/mol. The van der Waals surface area contributed by atoms with Gasteiger partial charge in [-0.2, -0.15) is 0 Å². The van der Waals surface area contributed by atoms with Gasteiger partial charge in [0.2, 0.25) is 0 Å². The van der Waals surface area contributed by atoms with E-state index in [2.05, 4.69) is 53.9 Å². The zero-order chi connectivity index (χ0) is 49.3.